The van der Waals surface area contributed by atoms with Gasteiger partial charge in [-0.3, -0.25) is 9.59 Å². The van der Waals surface area contributed by atoms with Crippen molar-refractivity contribution >= 4 is 35.1 Å². The van der Waals surface area contributed by atoms with Crippen LogP contribution < -0.4 is 19.5 Å². The van der Waals surface area contributed by atoms with Gasteiger partial charge in [-0.15, -0.1) is 0 Å². The maximum Gasteiger partial charge on any atom is 0.335 e. The molecule has 2 aromatic carbocycles. The average Bonchev–Trinajstić information content (AvgIpc) is 3.75. The molecule has 2 N–H and O–H groups in total. The van der Waals surface area contributed by atoms with Crippen molar-refractivity contribution in [2.45, 2.75) is 25.0 Å². The van der Waals surface area contributed by atoms with Gasteiger partial charge >= 0.3 is 5.97 Å². The average molecular weight is 603 g/mol. The Bertz CT molecular complexity index is 1890. The van der Waals surface area contributed by atoms with Crippen molar-refractivity contribution in [2.75, 3.05) is 19.5 Å². The van der Waals surface area contributed by atoms with Crippen molar-refractivity contribution in [3.8, 4) is 28.6 Å². The maximum atomic E-state index is 14.7. The highest BCUT2D eigenvalue weighted by molar-refractivity contribution is 6.36. The first-order chi connectivity index (χ1) is 20.7. The number of aromatic nitrogens is 3. The van der Waals surface area contributed by atoms with Crippen LogP contribution in [-0.4, -0.2) is 57.2 Å². The molecule has 2 aromatic heterocycles. The summed E-state index contributed by atoms with van der Waals surface area (Å²) in [7, 11) is 2.84. The normalized spacial score (nSPS) is 22.0. The first-order valence-electron chi connectivity index (χ1n) is 13.3. The number of nitrogens with one attached hydrogen (secondary N) is 1. The Morgan fingerprint density at radius 1 is 1.12 bits per heavy atom. The zero-order valence-corrected chi connectivity index (χ0v) is 23.8. The van der Waals surface area contributed by atoms with E-state index < -0.39 is 35.1 Å². The SMILES string of the molecule is COc1cc(OC)c2c(c1Cl)O[C@@]1(C(=O)C3=C(C[C@H]1C)Nc1ncnn1C3c1ccc(-c3ccc(C(=O)O)cc3)o1)C2=O. The number of halogens is 1. The topological polar surface area (TPSA) is 155 Å². The maximum absolute atomic E-state index is 14.7. The van der Waals surface area contributed by atoms with Crippen LogP contribution in [0.3, 0.4) is 0 Å². The third kappa shape index (κ3) is 3.65. The van der Waals surface area contributed by atoms with Crippen LogP contribution >= 0.6 is 11.6 Å². The molecule has 4 heterocycles. The highest BCUT2D eigenvalue weighted by Gasteiger charge is 2.64. The van der Waals surface area contributed by atoms with Gasteiger partial charge < -0.3 is 29.1 Å². The number of fused-ring (bicyclic) bond motifs is 2. The zero-order valence-electron chi connectivity index (χ0n) is 23.0. The number of rotatable bonds is 5. The molecule has 13 heteroatoms. The minimum atomic E-state index is -1.93. The molecule has 0 amide bonds. The van der Waals surface area contributed by atoms with Gasteiger partial charge in [0.2, 0.25) is 23.1 Å². The van der Waals surface area contributed by atoms with Crippen molar-refractivity contribution in [2.24, 2.45) is 5.92 Å². The highest BCUT2D eigenvalue weighted by atomic mass is 35.5. The minimum Gasteiger partial charge on any atom is -0.496 e. The number of hydrogen-bond donors (Lipinski definition) is 2. The molecule has 0 radical (unpaired) electrons. The summed E-state index contributed by atoms with van der Waals surface area (Å²) in [6.45, 7) is 1.77. The van der Waals surface area contributed by atoms with E-state index in [9.17, 15) is 19.5 Å². The Kier molecular flexibility index (Phi) is 5.89. The Morgan fingerprint density at radius 3 is 2.56 bits per heavy atom. The molecule has 7 rings (SSSR count). The number of hydrogen-bond acceptors (Lipinski definition) is 10. The Balaban J connectivity index is 1.34. The molecule has 3 aliphatic rings. The number of ether oxygens (including phenoxy) is 3. The summed E-state index contributed by atoms with van der Waals surface area (Å²) in [6, 6.07) is 10.3. The number of allylic oxidation sites excluding steroid dienone is 1. The van der Waals surface area contributed by atoms with E-state index in [1.54, 1.807) is 31.2 Å². The quantitative estimate of drug-likeness (QED) is 0.303. The Labute approximate surface area is 248 Å². The summed E-state index contributed by atoms with van der Waals surface area (Å²) in [5.74, 6) is -1.12. The molecule has 0 fully saturated rings. The van der Waals surface area contributed by atoms with Crippen LogP contribution in [0.5, 0.6) is 17.2 Å². The van der Waals surface area contributed by atoms with Crippen molar-refractivity contribution in [3.05, 3.63) is 82.0 Å². The molecule has 1 aliphatic carbocycles. The van der Waals surface area contributed by atoms with Crippen LogP contribution in [0.1, 0.15) is 45.9 Å². The number of methoxy groups -OCH3 is 2. The molecule has 0 bridgehead atoms. The molecule has 1 spiro atoms. The lowest BCUT2D eigenvalue weighted by atomic mass is 9.69. The fraction of sp³-hybridized carbons (Fsp3) is 0.233. The van der Waals surface area contributed by atoms with Gasteiger partial charge in [0, 0.05) is 23.2 Å². The van der Waals surface area contributed by atoms with Crippen molar-refractivity contribution in [3.63, 3.8) is 0 Å². The number of carbonyl (C=O) groups is 3. The van der Waals surface area contributed by atoms with Crippen LogP contribution in [0, 0.1) is 5.92 Å². The van der Waals surface area contributed by atoms with Crippen LogP contribution in [-0.2, 0) is 4.79 Å². The second-order valence-corrected chi connectivity index (χ2v) is 10.8. The number of ketones is 2. The fourth-order valence-electron chi connectivity index (χ4n) is 6.08. The Hall–Kier alpha value is -5.10. The van der Waals surface area contributed by atoms with Crippen LogP contribution in [0.2, 0.25) is 5.02 Å². The fourth-order valence-corrected chi connectivity index (χ4v) is 6.35. The van der Waals surface area contributed by atoms with Crippen molar-refractivity contribution in [1.29, 1.82) is 0 Å². The largest absolute Gasteiger partial charge is 0.496 e. The molecule has 3 atom stereocenters. The molecule has 0 saturated carbocycles. The number of anilines is 1. The number of carbonyl (C=O) groups excluding carboxylic acids is 2. The molecule has 4 aromatic rings. The van der Waals surface area contributed by atoms with E-state index in [0.717, 1.165) is 0 Å². The lowest BCUT2D eigenvalue weighted by Gasteiger charge is -2.41. The molecule has 43 heavy (non-hydrogen) atoms. The summed E-state index contributed by atoms with van der Waals surface area (Å²) < 4.78 is 24.9. The van der Waals surface area contributed by atoms with Crippen molar-refractivity contribution in [1.82, 2.24) is 14.8 Å². The summed E-state index contributed by atoms with van der Waals surface area (Å²) in [5, 5.41) is 16.9. The number of Topliss-reactive ketones (excluding diaryl/α,β-unsaturated/α-hetero) is 2. The first-order valence-corrected chi connectivity index (χ1v) is 13.6. The van der Waals surface area contributed by atoms with Gasteiger partial charge in [0.05, 0.1) is 25.4 Å². The van der Waals surface area contributed by atoms with Gasteiger partial charge in [0.25, 0.3) is 0 Å². The van der Waals surface area contributed by atoms with E-state index in [1.807, 2.05) is 0 Å². The smallest absolute Gasteiger partial charge is 0.335 e. The second kappa shape index (κ2) is 9.46. The van der Waals surface area contributed by atoms with Gasteiger partial charge in [-0.2, -0.15) is 10.1 Å². The van der Waals surface area contributed by atoms with Crippen molar-refractivity contribution < 1.29 is 38.1 Å². The number of carboxylic acid groups (broad SMARTS) is 1. The van der Waals surface area contributed by atoms with Gasteiger partial charge in [-0.1, -0.05) is 30.7 Å². The predicted molar refractivity (Wildman–Crippen MR) is 151 cm³/mol. The summed E-state index contributed by atoms with van der Waals surface area (Å²) in [6.07, 6.45) is 1.63. The third-order valence-corrected chi connectivity index (χ3v) is 8.55. The van der Waals surface area contributed by atoms with Crippen LogP contribution in [0.4, 0.5) is 5.95 Å². The minimum absolute atomic E-state index is 0.0268. The molecule has 2 aliphatic heterocycles. The van der Waals surface area contributed by atoms with Gasteiger partial charge in [0.15, 0.2) is 5.75 Å². The lowest BCUT2D eigenvalue weighted by Crippen LogP contribution is -2.58. The first kappa shape index (κ1) is 26.8. The van der Waals surface area contributed by atoms with E-state index in [4.69, 9.17) is 30.2 Å². The van der Waals surface area contributed by atoms with Gasteiger partial charge in [-0.25, -0.2) is 9.48 Å². The summed E-state index contributed by atoms with van der Waals surface area (Å²) in [5.41, 5.74) is -0.269. The number of benzene rings is 2. The van der Waals surface area contributed by atoms with Gasteiger partial charge in [-0.05, 0) is 30.7 Å². The van der Waals surface area contributed by atoms with E-state index >= 15 is 0 Å². The Morgan fingerprint density at radius 2 is 1.86 bits per heavy atom. The number of nitrogens with zero attached hydrogens (tertiary/aromatic N) is 3. The molecule has 0 saturated heterocycles. The standard InChI is InChI=1S/C30H23ClN4O8/c1-13-10-16-21(26(36)30(13)27(37)22-19(40-2)11-20(41-3)23(31)25(22)43-30)24(35-29(34-16)32-12-33-35)18-9-8-17(42-18)14-4-6-15(7-5-14)28(38)39/h4-9,11-13,24H,10H2,1-3H3,(H,38,39)(H,32,33,34)/t13-,24?,30+/m1/s1. The number of furan rings is 1. The molecular weight excluding hydrogens is 580 g/mol. The summed E-state index contributed by atoms with van der Waals surface area (Å²) >= 11 is 6.59. The molecule has 218 valence electrons. The van der Waals surface area contributed by atoms with Gasteiger partial charge in [0.1, 0.15) is 46.0 Å². The highest BCUT2D eigenvalue weighted by Crippen LogP contribution is 2.55. The number of aromatic carboxylic acids is 1. The molecular formula is C30H23ClN4O8. The van der Waals surface area contributed by atoms with E-state index in [2.05, 4.69) is 15.4 Å². The zero-order chi connectivity index (χ0) is 30.2. The second-order valence-electron chi connectivity index (χ2n) is 10.4. The third-order valence-electron chi connectivity index (χ3n) is 8.20. The van der Waals surface area contributed by atoms with E-state index in [-0.39, 0.29) is 45.4 Å². The van der Waals surface area contributed by atoms with Crippen LogP contribution in [0.25, 0.3) is 11.3 Å². The predicted octanol–water partition coefficient (Wildman–Crippen LogP) is 4.80. The van der Waals surface area contributed by atoms with E-state index in [1.165, 1.54) is 43.4 Å². The monoisotopic (exact) mass is 602 g/mol. The number of carboxylic acids is 1. The molecule has 1 unspecified atom stereocenters. The molecule has 12 nitrogen and oxygen atoms in total. The summed E-state index contributed by atoms with van der Waals surface area (Å²) in [4.78, 5) is 44.5. The van der Waals surface area contributed by atoms with Crippen LogP contribution in [0.15, 0.2) is 64.5 Å². The van der Waals surface area contributed by atoms with E-state index in [0.29, 0.717) is 28.7 Å². The lowest BCUT2D eigenvalue weighted by molar-refractivity contribution is -0.131.